The molecule has 3 nitrogen and oxygen atoms in total. The highest BCUT2D eigenvalue weighted by Crippen LogP contribution is 2.40. The van der Waals surface area contributed by atoms with Crippen molar-refractivity contribution in [3.05, 3.63) is 50.9 Å². The average molecular weight is 352 g/mol. The zero-order valence-corrected chi connectivity index (χ0v) is 13.6. The van der Waals surface area contributed by atoms with E-state index in [1.165, 1.54) is 23.3 Å². The summed E-state index contributed by atoms with van der Waals surface area (Å²) in [6.45, 7) is 1.78. The molecular formula is C15H18BrN3S. The Morgan fingerprint density at radius 1 is 1.45 bits per heavy atom. The summed E-state index contributed by atoms with van der Waals surface area (Å²) in [6, 6.07) is 7.23. The van der Waals surface area contributed by atoms with Gasteiger partial charge in [-0.15, -0.1) is 11.3 Å². The van der Waals surface area contributed by atoms with Crippen molar-refractivity contribution in [2.75, 3.05) is 13.1 Å². The third kappa shape index (κ3) is 2.81. The lowest BCUT2D eigenvalue weighted by Crippen LogP contribution is -2.33. The molecule has 0 aliphatic carbocycles. The molecule has 2 unspecified atom stereocenters. The highest BCUT2D eigenvalue weighted by atomic mass is 79.9. The van der Waals surface area contributed by atoms with Crippen molar-refractivity contribution in [1.29, 1.82) is 0 Å². The Hall–Kier alpha value is -0.750. The molecule has 0 spiro atoms. The molecular weight excluding hydrogens is 334 g/mol. The van der Waals surface area contributed by atoms with Crippen molar-refractivity contribution in [1.82, 2.24) is 9.88 Å². The Morgan fingerprint density at radius 2 is 2.25 bits per heavy atom. The van der Waals surface area contributed by atoms with Crippen molar-refractivity contribution in [3.63, 3.8) is 0 Å². The molecule has 1 aliphatic heterocycles. The van der Waals surface area contributed by atoms with E-state index in [2.05, 4.69) is 49.4 Å². The van der Waals surface area contributed by atoms with Crippen LogP contribution in [0.25, 0.3) is 0 Å². The monoisotopic (exact) mass is 351 g/mol. The molecule has 2 aromatic rings. The molecule has 0 bridgehead atoms. The molecule has 3 rings (SSSR count). The lowest BCUT2D eigenvalue weighted by molar-refractivity contribution is 0.188. The molecule has 0 saturated carbocycles. The second-order valence-corrected chi connectivity index (χ2v) is 6.95. The molecule has 2 N–H and O–H groups in total. The van der Waals surface area contributed by atoms with E-state index < -0.39 is 0 Å². The van der Waals surface area contributed by atoms with Gasteiger partial charge in [0.2, 0.25) is 0 Å². The highest BCUT2D eigenvalue weighted by molar-refractivity contribution is 9.10. The van der Waals surface area contributed by atoms with Gasteiger partial charge in [0, 0.05) is 39.7 Å². The normalized spacial score (nSPS) is 21.2. The van der Waals surface area contributed by atoms with Crippen molar-refractivity contribution in [2.24, 2.45) is 5.73 Å². The molecule has 20 heavy (non-hydrogen) atoms. The predicted molar refractivity (Wildman–Crippen MR) is 86.7 cm³/mol. The molecule has 0 radical (unpaired) electrons. The first-order chi connectivity index (χ1) is 9.79. The lowest BCUT2D eigenvalue weighted by atomic mass is 10.0. The minimum absolute atomic E-state index is 0.312. The first-order valence-electron chi connectivity index (χ1n) is 6.89. The van der Waals surface area contributed by atoms with E-state index in [0.29, 0.717) is 18.6 Å². The number of likely N-dealkylation sites (tertiary alicyclic amines) is 1. The van der Waals surface area contributed by atoms with Crippen LogP contribution in [0.3, 0.4) is 0 Å². The summed E-state index contributed by atoms with van der Waals surface area (Å²) in [7, 11) is 0. The van der Waals surface area contributed by atoms with Gasteiger partial charge in [0.05, 0.1) is 6.04 Å². The maximum atomic E-state index is 6.07. The first-order valence-corrected chi connectivity index (χ1v) is 8.56. The fourth-order valence-electron chi connectivity index (χ4n) is 3.02. The van der Waals surface area contributed by atoms with Gasteiger partial charge in [0.15, 0.2) is 0 Å². The van der Waals surface area contributed by atoms with Crippen LogP contribution in [0, 0.1) is 0 Å². The van der Waals surface area contributed by atoms with E-state index >= 15 is 0 Å². The van der Waals surface area contributed by atoms with Gasteiger partial charge in [-0.25, -0.2) is 0 Å². The molecule has 0 amide bonds. The summed E-state index contributed by atoms with van der Waals surface area (Å²) >= 11 is 5.33. The summed E-state index contributed by atoms with van der Waals surface area (Å²) in [5.41, 5.74) is 7.42. The van der Waals surface area contributed by atoms with E-state index in [-0.39, 0.29) is 0 Å². The maximum Gasteiger partial charge on any atom is 0.0570 e. The third-order valence-corrected chi connectivity index (χ3v) is 5.72. The smallest absolute Gasteiger partial charge is 0.0570 e. The number of nitrogens with two attached hydrogens (primary N) is 1. The minimum Gasteiger partial charge on any atom is -0.329 e. The number of rotatable bonds is 4. The molecule has 1 saturated heterocycles. The van der Waals surface area contributed by atoms with Gasteiger partial charge < -0.3 is 5.73 Å². The molecule has 5 heteroatoms. The largest absolute Gasteiger partial charge is 0.329 e. The summed E-state index contributed by atoms with van der Waals surface area (Å²) in [4.78, 5) is 8.02. The van der Waals surface area contributed by atoms with Gasteiger partial charge in [-0.2, -0.15) is 0 Å². The SMILES string of the molecule is NCC(c1cc(Br)cs1)N1CCCC1c1ccncc1. The fraction of sp³-hybridized carbons (Fsp3) is 0.400. The number of halogens is 1. The third-order valence-electron chi connectivity index (χ3n) is 3.92. The summed E-state index contributed by atoms with van der Waals surface area (Å²) in [5, 5.41) is 2.13. The summed E-state index contributed by atoms with van der Waals surface area (Å²) in [5.74, 6) is 0. The van der Waals surface area contributed by atoms with Crippen LogP contribution in [0.1, 0.15) is 35.4 Å². The van der Waals surface area contributed by atoms with Gasteiger partial charge in [-0.3, -0.25) is 9.88 Å². The molecule has 1 fully saturated rings. The van der Waals surface area contributed by atoms with Crippen LogP contribution < -0.4 is 5.73 Å². The molecule has 1 aliphatic rings. The number of hydrogen-bond acceptors (Lipinski definition) is 4. The van der Waals surface area contributed by atoms with Crippen LogP contribution in [0.2, 0.25) is 0 Å². The van der Waals surface area contributed by atoms with Crippen LogP contribution >= 0.6 is 27.3 Å². The summed E-state index contributed by atoms with van der Waals surface area (Å²) in [6.07, 6.45) is 6.19. The zero-order chi connectivity index (χ0) is 13.9. The van der Waals surface area contributed by atoms with Crippen molar-refractivity contribution >= 4 is 27.3 Å². The molecule has 2 atom stereocenters. The molecule has 106 valence electrons. The van der Waals surface area contributed by atoms with E-state index in [1.807, 2.05) is 12.4 Å². The van der Waals surface area contributed by atoms with Crippen LogP contribution in [-0.2, 0) is 0 Å². The first kappa shape index (κ1) is 14.2. The van der Waals surface area contributed by atoms with Crippen LogP contribution in [0.5, 0.6) is 0 Å². The van der Waals surface area contributed by atoms with Crippen LogP contribution in [0.4, 0.5) is 0 Å². The highest BCUT2D eigenvalue weighted by Gasteiger charge is 2.32. The summed E-state index contributed by atoms with van der Waals surface area (Å²) < 4.78 is 1.15. The Kier molecular flexibility index (Phi) is 4.51. The Bertz CT molecular complexity index is 557. The quantitative estimate of drug-likeness (QED) is 0.911. The molecule has 3 heterocycles. The minimum atomic E-state index is 0.312. The van der Waals surface area contributed by atoms with Gasteiger partial charge in [-0.1, -0.05) is 0 Å². The fourth-order valence-corrected chi connectivity index (χ4v) is 4.60. The molecule has 2 aromatic heterocycles. The predicted octanol–water partition coefficient (Wildman–Crippen LogP) is 3.74. The number of hydrogen-bond donors (Lipinski definition) is 1. The van der Waals surface area contributed by atoms with E-state index in [0.717, 1.165) is 11.0 Å². The van der Waals surface area contributed by atoms with Gasteiger partial charge in [-0.05, 0) is 59.1 Å². The Balaban J connectivity index is 1.87. The number of thiophene rings is 1. The van der Waals surface area contributed by atoms with Gasteiger partial charge in [0.1, 0.15) is 0 Å². The topological polar surface area (TPSA) is 42.1 Å². The standard InChI is InChI=1S/C15H18BrN3S/c16-12-8-15(20-10-12)14(9-17)19-7-1-2-13(19)11-3-5-18-6-4-11/h3-6,8,10,13-14H,1-2,7,9,17H2. The number of nitrogens with zero attached hydrogens (tertiary/aromatic N) is 2. The van der Waals surface area contributed by atoms with Gasteiger partial charge in [0.25, 0.3) is 0 Å². The van der Waals surface area contributed by atoms with Crippen LogP contribution in [-0.4, -0.2) is 23.0 Å². The van der Waals surface area contributed by atoms with E-state index in [9.17, 15) is 0 Å². The van der Waals surface area contributed by atoms with Crippen molar-refractivity contribution < 1.29 is 0 Å². The van der Waals surface area contributed by atoms with Crippen LogP contribution in [0.15, 0.2) is 40.4 Å². The maximum absolute atomic E-state index is 6.07. The van der Waals surface area contributed by atoms with E-state index in [1.54, 1.807) is 11.3 Å². The van der Waals surface area contributed by atoms with Gasteiger partial charge >= 0.3 is 0 Å². The zero-order valence-electron chi connectivity index (χ0n) is 11.2. The second-order valence-electron chi connectivity index (χ2n) is 5.10. The van der Waals surface area contributed by atoms with Crippen molar-refractivity contribution in [2.45, 2.75) is 24.9 Å². The lowest BCUT2D eigenvalue weighted by Gasteiger charge is -2.32. The second kappa shape index (κ2) is 6.35. The molecule has 0 aromatic carbocycles. The Labute approximate surface area is 131 Å². The number of pyridine rings is 1. The average Bonchev–Trinajstić information content (AvgIpc) is 3.11. The van der Waals surface area contributed by atoms with E-state index in [4.69, 9.17) is 5.73 Å². The van der Waals surface area contributed by atoms with Crippen molar-refractivity contribution in [3.8, 4) is 0 Å². The number of aromatic nitrogens is 1. The Morgan fingerprint density at radius 3 is 2.90 bits per heavy atom.